The Bertz CT molecular complexity index is 287. The molecule has 0 unspecified atom stereocenters. The Morgan fingerprint density at radius 3 is 2.77 bits per heavy atom. The molecule has 0 aliphatic carbocycles. The predicted octanol–water partition coefficient (Wildman–Crippen LogP) is 4.51. The molecule has 0 bridgehead atoms. The molecule has 0 aliphatic heterocycles. The van der Waals surface area contributed by atoms with Gasteiger partial charge in [-0.15, -0.1) is 0 Å². The third-order valence-electron chi connectivity index (χ3n) is 1.77. The van der Waals surface area contributed by atoms with Gasteiger partial charge >= 0.3 is 0 Å². The molecule has 0 fully saturated rings. The van der Waals surface area contributed by atoms with Crippen LogP contribution in [0.5, 0.6) is 0 Å². The molecule has 1 rings (SSSR count). The highest BCUT2D eigenvalue weighted by Crippen LogP contribution is 2.13. The van der Waals surface area contributed by atoms with Gasteiger partial charge in [0.05, 0.1) is 0 Å². The van der Waals surface area contributed by atoms with Crippen LogP contribution in [0.4, 0.5) is 0 Å². The van der Waals surface area contributed by atoms with Crippen molar-refractivity contribution in [3.63, 3.8) is 0 Å². The summed E-state index contributed by atoms with van der Waals surface area (Å²) in [6, 6.07) is 8.33. The van der Waals surface area contributed by atoms with Crippen molar-refractivity contribution in [2.45, 2.75) is 20.3 Å². The molecule has 0 heterocycles. The van der Waals surface area contributed by atoms with E-state index in [4.69, 9.17) is 0 Å². The van der Waals surface area contributed by atoms with E-state index in [1.54, 1.807) is 0 Å². The van der Waals surface area contributed by atoms with Crippen LogP contribution in [0.3, 0.4) is 0 Å². The lowest BCUT2D eigenvalue weighted by molar-refractivity contribution is 0.665. The fourth-order valence-electron chi connectivity index (χ4n) is 1.09. The predicted molar refractivity (Wildman–Crippen MR) is 62.6 cm³/mol. The Balaban J connectivity index is 2.58. The van der Waals surface area contributed by atoms with Gasteiger partial charge in [0.2, 0.25) is 0 Å². The van der Waals surface area contributed by atoms with Gasteiger partial charge in [-0.3, -0.25) is 0 Å². The molecule has 0 nitrogen and oxygen atoms in total. The molecule has 0 radical (unpaired) electrons. The Hall–Kier alpha value is -0.560. The first-order chi connectivity index (χ1) is 6.18. The third-order valence-corrected chi connectivity index (χ3v) is 2.26. The van der Waals surface area contributed by atoms with Crippen molar-refractivity contribution in [1.29, 1.82) is 0 Å². The maximum atomic E-state index is 3.45. The Morgan fingerprint density at radius 2 is 2.15 bits per heavy atom. The minimum Gasteiger partial charge on any atom is -0.0837 e. The first kappa shape index (κ1) is 10.5. The Kier molecular flexibility index (Phi) is 4.23. The SMILES string of the molecule is CC(C)C/C=C/c1cccc(Br)c1. The van der Waals surface area contributed by atoms with E-state index in [0.717, 1.165) is 16.8 Å². The molecule has 0 atom stereocenters. The average Bonchev–Trinajstić information content (AvgIpc) is 2.03. The molecular weight excluding hydrogens is 224 g/mol. The van der Waals surface area contributed by atoms with Crippen molar-refractivity contribution in [2.75, 3.05) is 0 Å². The van der Waals surface area contributed by atoms with Crippen LogP contribution in [-0.4, -0.2) is 0 Å². The van der Waals surface area contributed by atoms with E-state index in [1.807, 2.05) is 6.07 Å². The van der Waals surface area contributed by atoms with Crippen LogP contribution in [0.2, 0.25) is 0 Å². The maximum absolute atomic E-state index is 3.45. The van der Waals surface area contributed by atoms with E-state index in [1.165, 1.54) is 5.56 Å². The zero-order valence-electron chi connectivity index (χ0n) is 8.13. The number of hydrogen-bond donors (Lipinski definition) is 0. The monoisotopic (exact) mass is 238 g/mol. The maximum Gasteiger partial charge on any atom is 0.0181 e. The highest BCUT2D eigenvalue weighted by atomic mass is 79.9. The molecule has 1 aromatic rings. The molecule has 1 aromatic carbocycles. The molecular formula is C12H15Br. The van der Waals surface area contributed by atoms with Crippen LogP contribution in [0, 0.1) is 5.92 Å². The van der Waals surface area contributed by atoms with Crippen molar-refractivity contribution in [3.8, 4) is 0 Å². The van der Waals surface area contributed by atoms with Crippen molar-refractivity contribution < 1.29 is 0 Å². The van der Waals surface area contributed by atoms with Gasteiger partial charge in [0.15, 0.2) is 0 Å². The van der Waals surface area contributed by atoms with Crippen LogP contribution in [0.1, 0.15) is 25.8 Å². The number of allylic oxidation sites excluding steroid dienone is 1. The lowest BCUT2D eigenvalue weighted by Crippen LogP contribution is -1.81. The fourth-order valence-corrected chi connectivity index (χ4v) is 1.50. The largest absolute Gasteiger partial charge is 0.0837 e. The molecule has 0 aliphatic rings. The molecule has 13 heavy (non-hydrogen) atoms. The van der Waals surface area contributed by atoms with Crippen LogP contribution >= 0.6 is 15.9 Å². The molecule has 0 N–H and O–H groups in total. The van der Waals surface area contributed by atoms with Crippen LogP contribution in [0.15, 0.2) is 34.8 Å². The average molecular weight is 239 g/mol. The summed E-state index contributed by atoms with van der Waals surface area (Å²) in [7, 11) is 0. The summed E-state index contributed by atoms with van der Waals surface area (Å²) in [5, 5.41) is 0. The first-order valence-corrected chi connectivity index (χ1v) is 5.40. The summed E-state index contributed by atoms with van der Waals surface area (Å²) in [6.07, 6.45) is 5.55. The van der Waals surface area contributed by atoms with Gasteiger partial charge in [-0.25, -0.2) is 0 Å². The van der Waals surface area contributed by atoms with Gasteiger partial charge in [0, 0.05) is 4.47 Å². The van der Waals surface area contributed by atoms with Crippen LogP contribution in [0.25, 0.3) is 6.08 Å². The van der Waals surface area contributed by atoms with E-state index in [9.17, 15) is 0 Å². The molecule has 0 spiro atoms. The molecule has 0 amide bonds. The molecule has 70 valence electrons. The zero-order valence-corrected chi connectivity index (χ0v) is 9.71. The Labute approximate surface area is 88.8 Å². The summed E-state index contributed by atoms with van der Waals surface area (Å²) in [6.45, 7) is 4.45. The molecule has 1 heteroatoms. The van der Waals surface area contributed by atoms with Gasteiger partial charge in [0.25, 0.3) is 0 Å². The minimum atomic E-state index is 0.739. The van der Waals surface area contributed by atoms with Crippen LogP contribution < -0.4 is 0 Å². The van der Waals surface area contributed by atoms with E-state index >= 15 is 0 Å². The summed E-state index contributed by atoms with van der Waals surface area (Å²) >= 11 is 3.45. The standard InChI is InChI=1S/C12H15Br/c1-10(2)5-3-6-11-7-4-8-12(13)9-11/h3-4,6-10H,5H2,1-2H3/b6-3+. The highest BCUT2D eigenvalue weighted by molar-refractivity contribution is 9.10. The normalized spacial score (nSPS) is 11.4. The van der Waals surface area contributed by atoms with E-state index < -0.39 is 0 Å². The van der Waals surface area contributed by atoms with Gasteiger partial charge in [-0.2, -0.15) is 0 Å². The topological polar surface area (TPSA) is 0 Å². The first-order valence-electron chi connectivity index (χ1n) is 4.60. The van der Waals surface area contributed by atoms with E-state index in [2.05, 4.69) is 60.1 Å². The smallest absolute Gasteiger partial charge is 0.0181 e. The highest BCUT2D eigenvalue weighted by Gasteiger charge is 1.90. The van der Waals surface area contributed by atoms with Crippen molar-refractivity contribution in [1.82, 2.24) is 0 Å². The lowest BCUT2D eigenvalue weighted by atomic mass is 10.1. The number of halogens is 1. The number of hydrogen-bond acceptors (Lipinski definition) is 0. The second kappa shape index (κ2) is 5.23. The summed E-state index contributed by atoms with van der Waals surface area (Å²) in [5.74, 6) is 0.739. The second-order valence-corrected chi connectivity index (χ2v) is 4.50. The minimum absolute atomic E-state index is 0.739. The molecule has 0 saturated carbocycles. The second-order valence-electron chi connectivity index (χ2n) is 3.59. The lowest BCUT2D eigenvalue weighted by Gasteiger charge is -1.97. The zero-order chi connectivity index (χ0) is 9.68. The molecule has 0 aromatic heterocycles. The van der Waals surface area contributed by atoms with E-state index in [-0.39, 0.29) is 0 Å². The summed E-state index contributed by atoms with van der Waals surface area (Å²) in [5.41, 5.74) is 1.26. The number of benzene rings is 1. The molecule has 0 saturated heterocycles. The fraction of sp³-hybridized carbons (Fsp3) is 0.333. The van der Waals surface area contributed by atoms with Crippen molar-refractivity contribution in [2.24, 2.45) is 5.92 Å². The van der Waals surface area contributed by atoms with Crippen molar-refractivity contribution >= 4 is 22.0 Å². The quantitative estimate of drug-likeness (QED) is 0.728. The van der Waals surface area contributed by atoms with Gasteiger partial charge < -0.3 is 0 Å². The third kappa shape index (κ3) is 4.28. The van der Waals surface area contributed by atoms with Gasteiger partial charge in [0.1, 0.15) is 0 Å². The van der Waals surface area contributed by atoms with Crippen LogP contribution in [-0.2, 0) is 0 Å². The number of rotatable bonds is 3. The summed E-state index contributed by atoms with van der Waals surface area (Å²) in [4.78, 5) is 0. The van der Waals surface area contributed by atoms with Crippen molar-refractivity contribution in [3.05, 3.63) is 40.4 Å². The Morgan fingerprint density at radius 1 is 1.38 bits per heavy atom. The van der Waals surface area contributed by atoms with E-state index in [0.29, 0.717) is 0 Å². The van der Waals surface area contributed by atoms with Gasteiger partial charge in [-0.1, -0.05) is 54.1 Å². The summed E-state index contributed by atoms with van der Waals surface area (Å²) < 4.78 is 1.14. The van der Waals surface area contributed by atoms with Gasteiger partial charge in [-0.05, 0) is 30.0 Å².